The average Bonchev–Trinajstić information content (AvgIpc) is 3.02. The zero-order valence-electron chi connectivity index (χ0n) is 11.8. The van der Waals surface area contributed by atoms with Crippen molar-refractivity contribution in [3.8, 4) is 0 Å². The molecule has 1 heterocycles. The van der Waals surface area contributed by atoms with Gasteiger partial charge >= 0.3 is 0 Å². The zero-order chi connectivity index (χ0) is 13.9. The third-order valence-electron chi connectivity index (χ3n) is 3.96. The summed E-state index contributed by atoms with van der Waals surface area (Å²) in [5.74, 6) is 0.924. The van der Waals surface area contributed by atoms with Gasteiger partial charge in [-0.25, -0.2) is 4.98 Å². The van der Waals surface area contributed by atoms with Crippen LogP contribution in [-0.4, -0.2) is 16.9 Å². The van der Waals surface area contributed by atoms with Crippen LogP contribution in [-0.2, 0) is 11.2 Å². The van der Waals surface area contributed by atoms with E-state index >= 15 is 0 Å². The quantitative estimate of drug-likeness (QED) is 0.935. The Labute approximate surface area is 123 Å². The predicted octanol–water partition coefficient (Wildman–Crippen LogP) is 3.53. The summed E-state index contributed by atoms with van der Waals surface area (Å²) >= 11 is 1.69. The summed E-state index contributed by atoms with van der Waals surface area (Å²) in [6.45, 7) is 2.26. The van der Waals surface area contributed by atoms with Crippen LogP contribution in [0.15, 0.2) is 24.3 Å². The minimum atomic E-state index is 0.170. The van der Waals surface area contributed by atoms with Crippen molar-refractivity contribution in [1.82, 2.24) is 10.3 Å². The van der Waals surface area contributed by atoms with E-state index in [0.717, 1.165) is 35.7 Å². The van der Waals surface area contributed by atoms with E-state index in [-0.39, 0.29) is 5.91 Å². The van der Waals surface area contributed by atoms with Gasteiger partial charge in [-0.3, -0.25) is 4.79 Å². The Hall–Kier alpha value is -1.42. The van der Waals surface area contributed by atoms with Gasteiger partial charge in [-0.2, -0.15) is 0 Å². The molecule has 0 bridgehead atoms. The van der Waals surface area contributed by atoms with Crippen molar-refractivity contribution in [2.45, 2.75) is 45.1 Å². The molecule has 1 saturated carbocycles. The van der Waals surface area contributed by atoms with Crippen LogP contribution in [0.3, 0.4) is 0 Å². The standard InChI is InChI=1S/C16H20N2OS/c1-11-6-7-12(10-11)17-15(19)8-9-16-18-13-4-2-3-5-14(13)20-16/h2-5,11-12H,6-10H2,1H3,(H,17,19). The number of nitrogens with zero attached hydrogens (tertiary/aromatic N) is 1. The normalized spacial score (nSPS) is 22.2. The highest BCUT2D eigenvalue weighted by atomic mass is 32.1. The van der Waals surface area contributed by atoms with Gasteiger partial charge in [-0.05, 0) is 37.3 Å². The van der Waals surface area contributed by atoms with E-state index in [1.807, 2.05) is 18.2 Å². The third kappa shape index (κ3) is 3.18. The van der Waals surface area contributed by atoms with Crippen LogP contribution < -0.4 is 5.32 Å². The Bertz CT molecular complexity index is 574. The number of carbonyl (C=O) groups is 1. The highest BCUT2D eigenvalue weighted by Crippen LogP contribution is 2.25. The van der Waals surface area contributed by atoms with Crippen molar-refractivity contribution in [3.05, 3.63) is 29.3 Å². The van der Waals surface area contributed by atoms with Crippen molar-refractivity contribution in [2.24, 2.45) is 5.92 Å². The second-order valence-corrected chi connectivity index (χ2v) is 6.87. The van der Waals surface area contributed by atoms with Gasteiger partial charge in [0.1, 0.15) is 0 Å². The van der Waals surface area contributed by atoms with Crippen LogP contribution in [0.2, 0.25) is 0 Å². The van der Waals surface area contributed by atoms with Crippen LogP contribution in [0.5, 0.6) is 0 Å². The summed E-state index contributed by atoms with van der Waals surface area (Å²) in [5, 5.41) is 4.21. The average molecular weight is 288 g/mol. The lowest BCUT2D eigenvalue weighted by Gasteiger charge is -2.11. The zero-order valence-corrected chi connectivity index (χ0v) is 12.6. The fourth-order valence-corrected chi connectivity index (χ4v) is 3.85. The molecule has 2 atom stereocenters. The van der Waals surface area contributed by atoms with E-state index in [0.29, 0.717) is 12.5 Å². The highest BCUT2D eigenvalue weighted by Gasteiger charge is 2.22. The van der Waals surface area contributed by atoms with E-state index in [4.69, 9.17) is 0 Å². The van der Waals surface area contributed by atoms with E-state index < -0.39 is 0 Å². The molecule has 3 rings (SSSR count). The van der Waals surface area contributed by atoms with E-state index in [2.05, 4.69) is 23.3 Å². The van der Waals surface area contributed by atoms with Crippen molar-refractivity contribution in [2.75, 3.05) is 0 Å². The summed E-state index contributed by atoms with van der Waals surface area (Å²) < 4.78 is 1.20. The molecule has 1 N–H and O–H groups in total. The fraction of sp³-hybridized carbons (Fsp3) is 0.500. The van der Waals surface area contributed by atoms with Gasteiger partial charge in [0.05, 0.1) is 15.2 Å². The predicted molar refractivity (Wildman–Crippen MR) is 82.9 cm³/mol. The number of nitrogens with one attached hydrogen (secondary N) is 1. The molecule has 2 unspecified atom stereocenters. The Morgan fingerprint density at radius 1 is 1.40 bits per heavy atom. The van der Waals surface area contributed by atoms with Gasteiger partial charge < -0.3 is 5.32 Å². The molecule has 1 aromatic carbocycles. The van der Waals surface area contributed by atoms with Crippen LogP contribution in [0, 0.1) is 5.92 Å². The van der Waals surface area contributed by atoms with E-state index in [9.17, 15) is 4.79 Å². The maximum Gasteiger partial charge on any atom is 0.220 e. The smallest absolute Gasteiger partial charge is 0.220 e. The lowest BCUT2D eigenvalue weighted by molar-refractivity contribution is -0.121. The first-order chi connectivity index (χ1) is 9.70. The topological polar surface area (TPSA) is 42.0 Å². The van der Waals surface area contributed by atoms with Crippen LogP contribution >= 0.6 is 11.3 Å². The van der Waals surface area contributed by atoms with Gasteiger partial charge in [0.25, 0.3) is 0 Å². The van der Waals surface area contributed by atoms with E-state index in [1.165, 1.54) is 11.1 Å². The maximum atomic E-state index is 12.0. The second kappa shape index (κ2) is 5.92. The van der Waals surface area contributed by atoms with Crippen molar-refractivity contribution < 1.29 is 4.79 Å². The second-order valence-electron chi connectivity index (χ2n) is 5.76. The first-order valence-corrected chi connectivity index (χ1v) is 8.16. The molecule has 3 nitrogen and oxygen atoms in total. The van der Waals surface area contributed by atoms with Crippen LogP contribution in [0.25, 0.3) is 10.2 Å². The Morgan fingerprint density at radius 2 is 2.25 bits per heavy atom. The highest BCUT2D eigenvalue weighted by molar-refractivity contribution is 7.18. The molecule has 1 aromatic heterocycles. The molecule has 0 saturated heterocycles. The summed E-state index contributed by atoms with van der Waals surface area (Å²) in [4.78, 5) is 16.5. The number of aryl methyl sites for hydroxylation is 1. The van der Waals surface area contributed by atoms with Gasteiger partial charge in [-0.15, -0.1) is 11.3 Å². The Kier molecular flexibility index (Phi) is 4.01. The fourth-order valence-electron chi connectivity index (χ4n) is 2.89. The first-order valence-electron chi connectivity index (χ1n) is 7.34. The van der Waals surface area contributed by atoms with Crippen LogP contribution in [0.1, 0.15) is 37.6 Å². The number of rotatable bonds is 4. The molecule has 1 aliphatic carbocycles. The molecule has 0 aliphatic heterocycles. The Morgan fingerprint density at radius 3 is 3.00 bits per heavy atom. The Balaban J connectivity index is 1.52. The number of benzene rings is 1. The molecule has 1 aliphatic rings. The van der Waals surface area contributed by atoms with Crippen molar-refractivity contribution in [3.63, 3.8) is 0 Å². The molecule has 0 radical (unpaired) electrons. The monoisotopic (exact) mass is 288 g/mol. The molecule has 20 heavy (non-hydrogen) atoms. The summed E-state index contributed by atoms with van der Waals surface area (Å²) in [6, 6.07) is 8.53. The number of para-hydroxylation sites is 1. The van der Waals surface area contributed by atoms with E-state index in [1.54, 1.807) is 11.3 Å². The summed E-state index contributed by atoms with van der Waals surface area (Å²) in [5.41, 5.74) is 1.04. The maximum absolute atomic E-state index is 12.0. The number of thiazole rings is 1. The van der Waals surface area contributed by atoms with Gasteiger partial charge in [0.2, 0.25) is 5.91 Å². The minimum Gasteiger partial charge on any atom is -0.353 e. The van der Waals surface area contributed by atoms with Gasteiger partial charge in [0.15, 0.2) is 0 Å². The molecular weight excluding hydrogens is 268 g/mol. The third-order valence-corrected chi connectivity index (χ3v) is 5.06. The molecular formula is C16H20N2OS. The number of fused-ring (bicyclic) bond motifs is 1. The molecule has 4 heteroatoms. The first kappa shape index (κ1) is 13.6. The molecule has 1 amide bonds. The van der Waals surface area contributed by atoms with Gasteiger partial charge in [0, 0.05) is 18.9 Å². The number of amides is 1. The lowest BCUT2D eigenvalue weighted by Crippen LogP contribution is -2.32. The van der Waals surface area contributed by atoms with Crippen molar-refractivity contribution >= 4 is 27.5 Å². The minimum absolute atomic E-state index is 0.170. The molecule has 2 aromatic rings. The number of hydrogen-bond donors (Lipinski definition) is 1. The largest absolute Gasteiger partial charge is 0.353 e. The summed E-state index contributed by atoms with van der Waals surface area (Å²) in [6.07, 6.45) is 4.79. The van der Waals surface area contributed by atoms with Crippen molar-refractivity contribution in [1.29, 1.82) is 0 Å². The molecule has 1 fully saturated rings. The summed E-state index contributed by atoms with van der Waals surface area (Å²) in [7, 11) is 0. The SMILES string of the molecule is CC1CCC(NC(=O)CCc2nc3ccccc3s2)C1. The molecule has 0 spiro atoms. The van der Waals surface area contributed by atoms with Crippen LogP contribution in [0.4, 0.5) is 0 Å². The molecule has 106 valence electrons. The van der Waals surface area contributed by atoms with Gasteiger partial charge in [-0.1, -0.05) is 19.1 Å². The number of carbonyl (C=O) groups excluding carboxylic acids is 1. The number of aromatic nitrogens is 1. The lowest BCUT2D eigenvalue weighted by atomic mass is 10.1. The number of hydrogen-bond acceptors (Lipinski definition) is 3.